The molecular formula is C24H38N2O4. The van der Waals surface area contributed by atoms with Crippen molar-refractivity contribution in [3.63, 3.8) is 0 Å². The topological polar surface area (TPSA) is 84.5 Å². The van der Waals surface area contributed by atoms with Crippen LogP contribution in [0.2, 0.25) is 0 Å². The monoisotopic (exact) mass is 418 g/mol. The van der Waals surface area contributed by atoms with Gasteiger partial charge in [0.05, 0.1) is 0 Å². The van der Waals surface area contributed by atoms with Crippen molar-refractivity contribution in [2.75, 3.05) is 6.54 Å². The van der Waals surface area contributed by atoms with E-state index < -0.39 is 12.1 Å². The van der Waals surface area contributed by atoms with Crippen LogP contribution < -0.4 is 10.6 Å². The van der Waals surface area contributed by atoms with Crippen LogP contribution in [-0.2, 0) is 19.1 Å². The van der Waals surface area contributed by atoms with E-state index in [1.165, 1.54) is 44.9 Å². The minimum Gasteiger partial charge on any atom is -0.451 e. The Morgan fingerprint density at radius 1 is 1.00 bits per heavy atom. The first-order valence-corrected chi connectivity index (χ1v) is 12.1. The second-order valence-electron chi connectivity index (χ2n) is 10.9. The van der Waals surface area contributed by atoms with Gasteiger partial charge >= 0.3 is 5.97 Å². The number of nitrogens with one attached hydrogen (secondary N) is 2. The predicted octanol–water partition coefficient (Wildman–Crippen LogP) is 3.34. The number of carbonyl (C=O) groups is 3. The van der Waals surface area contributed by atoms with Gasteiger partial charge < -0.3 is 15.4 Å². The summed E-state index contributed by atoms with van der Waals surface area (Å²) in [4.78, 5) is 37.1. The number of amides is 2. The third-order valence-electron chi connectivity index (χ3n) is 8.25. The molecule has 0 radical (unpaired) electrons. The molecule has 2 N–H and O–H groups in total. The molecular weight excluding hydrogens is 380 g/mol. The largest absolute Gasteiger partial charge is 0.451 e. The van der Waals surface area contributed by atoms with E-state index in [4.69, 9.17) is 4.74 Å². The molecule has 0 aromatic heterocycles. The average Bonchev–Trinajstić information content (AvgIpc) is 2.66. The Kier molecular flexibility index (Phi) is 6.40. The number of rotatable bonds is 7. The van der Waals surface area contributed by atoms with Gasteiger partial charge in [-0.3, -0.25) is 14.4 Å². The number of hydrogen-bond acceptors (Lipinski definition) is 4. The van der Waals surface area contributed by atoms with Gasteiger partial charge in [0.1, 0.15) is 6.54 Å². The van der Waals surface area contributed by atoms with E-state index in [1.54, 1.807) is 6.92 Å². The van der Waals surface area contributed by atoms with Gasteiger partial charge in [0.15, 0.2) is 6.10 Å². The second kappa shape index (κ2) is 8.88. The minimum absolute atomic E-state index is 0.0537. The van der Waals surface area contributed by atoms with Crippen molar-refractivity contribution in [3.05, 3.63) is 0 Å². The molecule has 0 aromatic carbocycles. The van der Waals surface area contributed by atoms with Gasteiger partial charge in [0.2, 0.25) is 5.91 Å². The molecule has 6 heteroatoms. The van der Waals surface area contributed by atoms with Crippen molar-refractivity contribution in [3.8, 4) is 0 Å². The summed E-state index contributed by atoms with van der Waals surface area (Å²) in [5, 5.41) is 5.77. The summed E-state index contributed by atoms with van der Waals surface area (Å²) < 4.78 is 5.27. The van der Waals surface area contributed by atoms with E-state index >= 15 is 0 Å². The highest BCUT2D eigenvalue weighted by molar-refractivity contribution is 5.86. The third-order valence-corrected chi connectivity index (χ3v) is 8.25. The molecule has 0 aliphatic heterocycles. The van der Waals surface area contributed by atoms with Gasteiger partial charge in [-0.2, -0.15) is 0 Å². The van der Waals surface area contributed by atoms with Gasteiger partial charge in [-0.25, -0.2) is 0 Å². The fourth-order valence-corrected chi connectivity index (χ4v) is 7.20. The highest BCUT2D eigenvalue weighted by Gasteiger charge is 2.51. The molecule has 2 amide bonds. The Balaban J connectivity index is 1.18. The van der Waals surface area contributed by atoms with Gasteiger partial charge in [0.25, 0.3) is 5.91 Å². The standard InChI is InChI=1S/C24H38N2O4/c1-15-5-3-4-6-20(15)26-23(29)16(2)30-22(28)14-25-21(27)13-24-10-17-7-18(11-24)9-19(8-17)12-24/h15-20H,3-14H2,1-2H3,(H,25,27)(H,26,29)/t15-,16-,17?,18?,19?,20+,24?/m1/s1. The number of carbonyl (C=O) groups excluding carboxylic acids is 3. The molecule has 30 heavy (non-hydrogen) atoms. The Hall–Kier alpha value is -1.59. The van der Waals surface area contributed by atoms with Crippen LogP contribution in [0.3, 0.4) is 0 Å². The van der Waals surface area contributed by atoms with Crippen molar-refractivity contribution >= 4 is 17.8 Å². The molecule has 168 valence electrons. The average molecular weight is 419 g/mol. The van der Waals surface area contributed by atoms with Gasteiger partial charge in [-0.15, -0.1) is 0 Å². The zero-order valence-electron chi connectivity index (χ0n) is 18.6. The van der Waals surface area contributed by atoms with E-state index in [9.17, 15) is 14.4 Å². The highest BCUT2D eigenvalue weighted by atomic mass is 16.5. The summed E-state index contributed by atoms with van der Waals surface area (Å²) in [6.07, 6.45) is 11.7. The molecule has 5 rings (SSSR count). The lowest BCUT2D eigenvalue weighted by atomic mass is 9.49. The molecule has 0 spiro atoms. The summed E-state index contributed by atoms with van der Waals surface area (Å²) in [5.41, 5.74) is 0.159. The van der Waals surface area contributed by atoms with E-state index in [0.717, 1.165) is 37.0 Å². The summed E-state index contributed by atoms with van der Waals surface area (Å²) in [6.45, 7) is 3.58. The van der Waals surface area contributed by atoms with Crippen molar-refractivity contribution in [2.45, 2.75) is 96.6 Å². The Morgan fingerprint density at radius 3 is 2.20 bits per heavy atom. The first-order chi connectivity index (χ1) is 14.3. The van der Waals surface area contributed by atoms with Crippen molar-refractivity contribution < 1.29 is 19.1 Å². The molecule has 0 aromatic rings. The van der Waals surface area contributed by atoms with E-state index in [1.807, 2.05) is 0 Å². The Bertz CT molecular complexity index is 641. The third kappa shape index (κ3) is 5.00. The quantitative estimate of drug-likeness (QED) is 0.621. The molecule has 5 fully saturated rings. The van der Waals surface area contributed by atoms with Crippen molar-refractivity contribution in [1.29, 1.82) is 0 Å². The summed E-state index contributed by atoms with van der Waals surface area (Å²) in [5.74, 6) is 2.02. The lowest BCUT2D eigenvalue weighted by molar-refractivity contribution is -0.155. The maximum absolute atomic E-state index is 12.6. The first-order valence-electron chi connectivity index (χ1n) is 12.1. The summed E-state index contributed by atoms with van der Waals surface area (Å²) in [6, 6.07) is 0.160. The highest BCUT2D eigenvalue weighted by Crippen LogP contribution is 2.61. The van der Waals surface area contributed by atoms with E-state index in [-0.39, 0.29) is 29.8 Å². The summed E-state index contributed by atoms with van der Waals surface area (Å²) in [7, 11) is 0. The van der Waals surface area contributed by atoms with Crippen molar-refractivity contribution in [1.82, 2.24) is 10.6 Å². The van der Waals surface area contributed by atoms with Crippen LogP contribution in [0.5, 0.6) is 0 Å². The number of esters is 1. The van der Waals surface area contributed by atoms with Gasteiger partial charge in [-0.05, 0) is 87.4 Å². The summed E-state index contributed by atoms with van der Waals surface area (Å²) >= 11 is 0. The smallest absolute Gasteiger partial charge is 0.326 e. The lowest BCUT2D eigenvalue weighted by Gasteiger charge is -2.56. The molecule has 5 aliphatic carbocycles. The molecule has 0 saturated heterocycles. The Labute approximate surface area is 180 Å². The fourth-order valence-electron chi connectivity index (χ4n) is 7.20. The maximum Gasteiger partial charge on any atom is 0.326 e. The van der Waals surface area contributed by atoms with Crippen LogP contribution in [0.4, 0.5) is 0 Å². The van der Waals surface area contributed by atoms with Gasteiger partial charge in [0, 0.05) is 12.5 Å². The second-order valence-corrected chi connectivity index (χ2v) is 10.9. The van der Waals surface area contributed by atoms with E-state index in [2.05, 4.69) is 17.6 Å². The lowest BCUT2D eigenvalue weighted by Crippen LogP contribution is -2.48. The molecule has 6 nitrogen and oxygen atoms in total. The van der Waals surface area contributed by atoms with Gasteiger partial charge in [-0.1, -0.05) is 19.8 Å². The number of hydrogen-bond donors (Lipinski definition) is 2. The van der Waals surface area contributed by atoms with Crippen LogP contribution >= 0.6 is 0 Å². The van der Waals surface area contributed by atoms with Crippen LogP contribution in [0.25, 0.3) is 0 Å². The normalized spacial score (nSPS) is 38.0. The van der Waals surface area contributed by atoms with E-state index in [0.29, 0.717) is 12.3 Å². The predicted molar refractivity (Wildman–Crippen MR) is 113 cm³/mol. The molecule has 4 bridgehead atoms. The van der Waals surface area contributed by atoms with Crippen LogP contribution in [0.15, 0.2) is 0 Å². The Morgan fingerprint density at radius 2 is 1.60 bits per heavy atom. The first kappa shape index (κ1) is 21.6. The molecule has 0 heterocycles. The van der Waals surface area contributed by atoms with Crippen LogP contribution in [-0.4, -0.2) is 36.5 Å². The van der Waals surface area contributed by atoms with Crippen LogP contribution in [0, 0.1) is 29.1 Å². The van der Waals surface area contributed by atoms with Crippen molar-refractivity contribution in [2.24, 2.45) is 29.1 Å². The molecule has 5 aliphatic rings. The minimum atomic E-state index is -0.841. The zero-order valence-corrected chi connectivity index (χ0v) is 18.6. The molecule has 0 unspecified atom stereocenters. The maximum atomic E-state index is 12.6. The molecule has 3 atom stereocenters. The number of ether oxygens (including phenoxy) is 1. The molecule has 5 saturated carbocycles. The SMILES string of the molecule is C[C@@H]1CCCC[C@@H]1NC(=O)[C@@H](C)OC(=O)CNC(=O)CC12CC3CC(CC(C3)C1)C2. The van der Waals surface area contributed by atoms with Crippen LogP contribution in [0.1, 0.15) is 84.5 Å². The fraction of sp³-hybridized carbons (Fsp3) is 0.875. The zero-order chi connectivity index (χ0) is 21.3.